The molecule has 1 atom stereocenters. The minimum Gasteiger partial charge on any atom is -0.463 e. The third-order valence-corrected chi connectivity index (χ3v) is 7.43. The Morgan fingerprint density at radius 3 is 2.91 bits per heavy atom. The third kappa shape index (κ3) is 5.23. The second kappa shape index (κ2) is 9.57. The Morgan fingerprint density at radius 2 is 2.24 bits per heavy atom. The van der Waals surface area contributed by atoms with Crippen LogP contribution in [0.1, 0.15) is 41.5 Å². The van der Waals surface area contributed by atoms with Crippen molar-refractivity contribution in [3.8, 4) is 17.5 Å². The standard InChI is InChI=1S/C22H19F3N4O2S2/c1-2-12-5-6-13-14(10-26)20(33-17(13)8-12)29-19(30)11-32-21-27-15(16-4-3-7-31-16)9-18(28-21)22(23,24)25/h3-4,7,9,12H,2,5-6,8,11H2,1H3,(H,29,30). The number of anilines is 1. The number of nitrogens with zero attached hydrogens (tertiary/aromatic N) is 3. The Labute approximate surface area is 196 Å². The van der Waals surface area contributed by atoms with Crippen molar-refractivity contribution in [2.24, 2.45) is 5.92 Å². The molecule has 0 spiro atoms. The minimum atomic E-state index is -4.67. The van der Waals surface area contributed by atoms with Crippen molar-refractivity contribution in [1.29, 1.82) is 5.26 Å². The summed E-state index contributed by atoms with van der Waals surface area (Å²) < 4.78 is 45.0. The average Bonchev–Trinajstić information content (AvgIpc) is 3.44. The summed E-state index contributed by atoms with van der Waals surface area (Å²) in [4.78, 5) is 21.3. The van der Waals surface area contributed by atoms with Crippen LogP contribution in [-0.2, 0) is 23.8 Å². The first-order chi connectivity index (χ1) is 15.8. The number of thioether (sulfide) groups is 1. The monoisotopic (exact) mass is 492 g/mol. The maximum atomic E-state index is 13.3. The zero-order valence-electron chi connectivity index (χ0n) is 17.5. The van der Waals surface area contributed by atoms with E-state index in [9.17, 15) is 23.2 Å². The first-order valence-corrected chi connectivity index (χ1v) is 12.1. The van der Waals surface area contributed by atoms with Crippen molar-refractivity contribution in [1.82, 2.24) is 9.97 Å². The van der Waals surface area contributed by atoms with Gasteiger partial charge in [0.25, 0.3) is 0 Å². The molecule has 1 aliphatic carbocycles. The number of furan rings is 1. The van der Waals surface area contributed by atoms with Crippen LogP contribution in [0, 0.1) is 17.2 Å². The molecule has 0 saturated heterocycles. The number of halogens is 3. The van der Waals surface area contributed by atoms with Crippen molar-refractivity contribution in [2.75, 3.05) is 11.1 Å². The second-order valence-electron chi connectivity index (χ2n) is 7.57. The Hall–Kier alpha value is -2.84. The van der Waals surface area contributed by atoms with Gasteiger partial charge >= 0.3 is 6.18 Å². The lowest BCUT2D eigenvalue weighted by molar-refractivity contribution is -0.141. The number of nitrogens with one attached hydrogen (secondary N) is 1. The number of fused-ring (bicyclic) bond motifs is 1. The van der Waals surface area contributed by atoms with E-state index in [4.69, 9.17) is 4.42 Å². The molecule has 1 aliphatic rings. The summed E-state index contributed by atoms with van der Waals surface area (Å²) in [5.74, 6) is 0.0949. The Bertz CT molecular complexity index is 1200. The molecule has 1 unspecified atom stereocenters. The van der Waals surface area contributed by atoms with Gasteiger partial charge in [-0.3, -0.25) is 4.79 Å². The number of alkyl halides is 3. The first kappa shape index (κ1) is 23.3. The number of amides is 1. The molecular formula is C22H19F3N4O2S2. The summed E-state index contributed by atoms with van der Waals surface area (Å²) in [6.45, 7) is 2.14. The average molecular weight is 493 g/mol. The van der Waals surface area contributed by atoms with Gasteiger partial charge in [-0.2, -0.15) is 18.4 Å². The van der Waals surface area contributed by atoms with Crippen LogP contribution in [0.25, 0.3) is 11.5 Å². The highest BCUT2D eigenvalue weighted by Crippen LogP contribution is 2.40. The van der Waals surface area contributed by atoms with Crippen LogP contribution in [-0.4, -0.2) is 21.6 Å². The molecule has 0 bridgehead atoms. The van der Waals surface area contributed by atoms with Gasteiger partial charge in [-0.25, -0.2) is 9.97 Å². The van der Waals surface area contributed by atoms with Crippen LogP contribution in [0.2, 0.25) is 0 Å². The fraction of sp³-hybridized carbons (Fsp3) is 0.364. The fourth-order valence-corrected chi connectivity index (χ4v) is 5.67. The molecule has 1 amide bonds. The Balaban J connectivity index is 1.49. The molecule has 0 aliphatic heterocycles. The zero-order valence-corrected chi connectivity index (χ0v) is 19.2. The Morgan fingerprint density at radius 1 is 1.42 bits per heavy atom. The molecular weight excluding hydrogens is 473 g/mol. The predicted octanol–water partition coefficient (Wildman–Crippen LogP) is 5.93. The highest BCUT2D eigenvalue weighted by atomic mass is 32.2. The molecule has 0 radical (unpaired) electrons. The van der Waals surface area contributed by atoms with Crippen molar-refractivity contribution in [3.05, 3.63) is 46.2 Å². The molecule has 0 fully saturated rings. The molecule has 172 valence electrons. The van der Waals surface area contributed by atoms with Gasteiger partial charge in [-0.1, -0.05) is 25.1 Å². The lowest BCUT2D eigenvalue weighted by Gasteiger charge is -2.20. The summed E-state index contributed by atoms with van der Waals surface area (Å²) in [6.07, 6.45) is 0.448. The van der Waals surface area contributed by atoms with E-state index in [2.05, 4.69) is 28.3 Å². The molecule has 3 heterocycles. The molecule has 0 saturated carbocycles. The van der Waals surface area contributed by atoms with Crippen LogP contribution in [0.4, 0.5) is 18.2 Å². The largest absolute Gasteiger partial charge is 0.463 e. The normalized spacial score (nSPS) is 15.7. The number of aromatic nitrogens is 2. The number of carbonyl (C=O) groups is 1. The minimum absolute atomic E-state index is 0.0200. The van der Waals surface area contributed by atoms with Crippen LogP contribution >= 0.6 is 23.1 Å². The molecule has 1 N–H and O–H groups in total. The van der Waals surface area contributed by atoms with Gasteiger partial charge in [0.2, 0.25) is 5.91 Å². The van der Waals surface area contributed by atoms with Gasteiger partial charge in [0.05, 0.1) is 17.6 Å². The first-order valence-electron chi connectivity index (χ1n) is 10.3. The number of carbonyl (C=O) groups excluding carboxylic acids is 1. The number of hydrogen-bond donors (Lipinski definition) is 1. The molecule has 3 aromatic rings. The number of rotatable bonds is 6. The summed E-state index contributed by atoms with van der Waals surface area (Å²) >= 11 is 2.19. The van der Waals surface area contributed by atoms with Gasteiger partial charge in [0, 0.05) is 4.88 Å². The zero-order chi connectivity index (χ0) is 23.6. The Kier molecular flexibility index (Phi) is 6.76. The summed E-state index contributed by atoms with van der Waals surface area (Å²) in [5.41, 5.74) is 0.348. The lowest BCUT2D eigenvalue weighted by atomic mass is 9.86. The van der Waals surface area contributed by atoms with Gasteiger partial charge in [0.15, 0.2) is 10.9 Å². The van der Waals surface area contributed by atoms with Crippen molar-refractivity contribution < 1.29 is 22.4 Å². The van der Waals surface area contributed by atoms with E-state index in [1.165, 1.54) is 23.7 Å². The SMILES string of the molecule is CCC1CCc2c(sc(NC(=O)CSc3nc(-c4ccco4)cc(C(F)(F)F)n3)c2C#N)C1. The van der Waals surface area contributed by atoms with E-state index in [0.29, 0.717) is 16.5 Å². The van der Waals surface area contributed by atoms with Gasteiger partial charge in [0.1, 0.15) is 22.5 Å². The van der Waals surface area contributed by atoms with Crippen LogP contribution in [0.3, 0.4) is 0 Å². The van der Waals surface area contributed by atoms with Gasteiger partial charge < -0.3 is 9.73 Å². The molecule has 33 heavy (non-hydrogen) atoms. The third-order valence-electron chi connectivity index (χ3n) is 5.41. The second-order valence-corrected chi connectivity index (χ2v) is 9.62. The van der Waals surface area contributed by atoms with Crippen molar-refractivity contribution in [2.45, 2.75) is 43.9 Å². The van der Waals surface area contributed by atoms with E-state index in [-0.39, 0.29) is 22.4 Å². The van der Waals surface area contributed by atoms with Crippen LogP contribution < -0.4 is 5.32 Å². The van der Waals surface area contributed by atoms with E-state index >= 15 is 0 Å². The van der Waals surface area contributed by atoms with E-state index in [1.54, 1.807) is 6.07 Å². The van der Waals surface area contributed by atoms with E-state index in [0.717, 1.165) is 54.0 Å². The smallest absolute Gasteiger partial charge is 0.433 e. The van der Waals surface area contributed by atoms with Crippen molar-refractivity contribution >= 4 is 34.0 Å². The predicted molar refractivity (Wildman–Crippen MR) is 119 cm³/mol. The number of nitriles is 1. The number of hydrogen-bond acceptors (Lipinski definition) is 7. The van der Waals surface area contributed by atoms with E-state index in [1.807, 2.05) is 0 Å². The molecule has 11 heteroatoms. The molecule has 0 aromatic carbocycles. The van der Waals surface area contributed by atoms with Crippen LogP contribution in [0.5, 0.6) is 0 Å². The molecule has 4 rings (SSSR count). The highest BCUT2D eigenvalue weighted by Gasteiger charge is 2.34. The molecule has 3 aromatic heterocycles. The van der Waals surface area contributed by atoms with E-state index < -0.39 is 17.8 Å². The highest BCUT2D eigenvalue weighted by molar-refractivity contribution is 7.99. The quantitative estimate of drug-likeness (QED) is 0.339. The summed E-state index contributed by atoms with van der Waals surface area (Å²) in [6, 6.07) is 6.04. The lowest BCUT2D eigenvalue weighted by Crippen LogP contribution is -2.15. The van der Waals surface area contributed by atoms with Gasteiger partial charge in [-0.05, 0) is 48.9 Å². The summed E-state index contributed by atoms with van der Waals surface area (Å²) in [7, 11) is 0. The summed E-state index contributed by atoms with van der Waals surface area (Å²) in [5, 5.41) is 12.6. The maximum Gasteiger partial charge on any atom is 0.433 e. The van der Waals surface area contributed by atoms with Crippen LogP contribution in [0.15, 0.2) is 34.0 Å². The number of thiophene rings is 1. The maximum absolute atomic E-state index is 13.3. The fourth-order valence-electron chi connectivity index (χ4n) is 3.69. The van der Waals surface area contributed by atoms with Gasteiger partial charge in [-0.15, -0.1) is 11.3 Å². The topological polar surface area (TPSA) is 91.8 Å². The molecule has 6 nitrogen and oxygen atoms in total. The van der Waals surface area contributed by atoms with Crippen molar-refractivity contribution in [3.63, 3.8) is 0 Å².